The van der Waals surface area contributed by atoms with Crippen LogP contribution in [0.3, 0.4) is 0 Å². The Morgan fingerprint density at radius 1 is 1.09 bits per heavy atom. The SMILES string of the molecule is Cc1ccc2nc(CCNC(=O)c3nn(Cc4ccc(Cl)cc4)c4ccccc34)[nH]c2c1. The van der Waals surface area contributed by atoms with Crippen LogP contribution in [0.25, 0.3) is 21.9 Å². The van der Waals surface area contributed by atoms with Gasteiger partial charge in [-0.05, 0) is 48.4 Å². The van der Waals surface area contributed by atoms with Crippen LogP contribution in [0.15, 0.2) is 66.7 Å². The fourth-order valence-corrected chi connectivity index (χ4v) is 3.98. The first-order valence-electron chi connectivity index (χ1n) is 10.5. The predicted octanol–water partition coefficient (Wildman–Crippen LogP) is 4.90. The van der Waals surface area contributed by atoms with Crippen molar-refractivity contribution in [1.29, 1.82) is 0 Å². The maximum atomic E-state index is 12.9. The van der Waals surface area contributed by atoms with Crippen LogP contribution in [0.4, 0.5) is 0 Å². The number of fused-ring (bicyclic) bond motifs is 2. The molecule has 0 unspecified atom stereocenters. The number of H-pyrrole nitrogens is 1. The lowest BCUT2D eigenvalue weighted by molar-refractivity contribution is 0.0950. The number of imidazole rings is 1. The van der Waals surface area contributed by atoms with Crippen molar-refractivity contribution in [2.75, 3.05) is 6.54 Å². The minimum Gasteiger partial charge on any atom is -0.350 e. The Morgan fingerprint density at radius 2 is 1.91 bits per heavy atom. The summed E-state index contributed by atoms with van der Waals surface area (Å²) in [5.41, 5.74) is 5.54. The Kier molecular flexibility index (Phi) is 5.37. The van der Waals surface area contributed by atoms with E-state index in [0.717, 1.165) is 33.3 Å². The largest absolute Gasteiger partial charge is 0.350 e. The van der Waals surface area contributed by atoms with Gasteiger partial charge in [-0.3, -0.25) is 9.48 Å². The summed E-state index contributed by atoms with van der Waals surface area (Å²) in [6.07, 6.45) is 0.614. The quantitative estimate of drug-likeness (QED) is 0.392. The zero-order valence-corrected chi connectivity index (χ0v) is 18.4. The van der Waals surface area contributed by atoms with Gasteiger partial charge in [-0.2, -0.15) is 5.10 Å². The molecule has 0 saturated heterocycles. The van der Waals surface area contributed by atoms with Crippen LogP contribution in [-0.4, -0.2) is 32.2 Å². The van der Waals surface area contributed by atoms with E-state index in [1.165, 1.54) is 5.56 Å². The summed E-state index contributed by atoms with van der Waals surface area (Å²) < 4.78 is 1.86. The number of aromatic amines is 1. The predicted molar refractivity (Wildman–Crippen MR) is 127 cm³/mol. The second-order valence-electron chi connectivity index (χ2n) is 7.86. The molecule has 0 spiro atoms. The van der Waals surface area contributed by atoms with Gasteiger partial charge in [0.2, 0.25) is 0 Å². The number of hydrogen-bond acceptors (Lipinski definition) is 3. The molecule has 0 saturated carbocycles. The number of hydrogen-bond donors (Lipinski definition) is 2. The summed E-state index contributed by atoms with van der Waals surface area (Å²) in [5, 5.41) is 9.14. The minimum absolute atomic E-state index is 0.192. The molecule has 0 aliphatic rings. The van der Waals surface area contributed by atoms with Gasteiger partial charge in [-0.25, -0.2) is 4.98 Å². The van der Waals surface area contributed by atoms with Crippen molar-refractivity contribution in [2.24, 2.45) is 0 Å². The lowest BCUT2D eigenvalue weighted by Gasteiger charge is -2.04. The van der Waals surface area contributed by atoms with E-state index >= 15 is 0 Å². The smallest absolute Gasteiger partial charge is 0.272 e. The molecule has 0 radical (unpaired) electrons. The molecule has 1 amide bonds. The second-order valence-corrected chi connectivity index (χ2v) is 8.30. The van der Waals surface area contributed by atoms with Crippen molar-refractivity contribution in [3.8, 4) is 0 Å². The molecule has 32 heavy (non-hydrogen) atoms. The molecular formula is C25H22ClN5O. The number of carbonyl (C=O) groups excluding carboxylic acids is 1. The Bertz CT molecular complexity index is 1420. The number of halogens is 1. The van der Waals surface area contributed by atoms with Crippen LogP contribution in [-0.2, 0) is 13.0 Å². The van der Waals surface area contributed by atoms with Gasteiger partial charge in [-0.1, -0.05) is 48.0 Å². The number of benzene rings is 3. The molecule has 0 aliphatic carbocycles. The number of para-hydroxylation sites is 1. The first-order valence-corrected chi connectivity index (χ1v) is 10.9. The number of amides is 1. The normalized spacial score (nSPS) is 11.3. The maximum Gasteiger partial charge on any atom is 0.272 e. The highest BCUT2D eigenvalue weighted by Gasteiger charge is 2.17. The zero-order valence-electron chi connectivity index (χ0n) is 17.6. The van der Waals surface area contributed by atoms with E-state index in [1.807, 2.05) is 65.3 Å². The first-order chi connectivity index (χ1) is 15.6. The summed E-state index contributed by atoms with van der Waals surface area (Å²) in [6, 6.07) is 21.5. The van der Waals surface area contributed by atoms with E-state index in [0.29, 0.717) is 30.2 Å². The third kappa shape index (κ3) is 4.09. The van der Waals surface area contributed by atoms with Crippen molar-refractivity contribution in [3.05, 3.63) is 94.4 Å². The number of nitrogens with zero attached hydrogens (tertiary/aromatic N) is 3. The Balaban J connectivity index is 1.32. The van der Waals surface area contributed by atoms with Gasteiger partial charge in [0.05, 0.1) is 23.1 Å². The Hall–Kier alpha value is -3.64. The highest BCUT2D eigenvalue weighted by molar-refractivity contribution is 6.30. The molecule has 6 nitrogen and oxygen atoms in total. The molecule has 5 aromatic rings. The number of rotatable bonds is 6. The highest BCUT2D eigenvalue weighted by atomic mass is 35.5. The third-order valence-electron chi connectivity index (χ3n) is 5.45. The molecule has 160 valence electrons. The van der Waals surface area contributed by atoms with Gasteiger partial charge in [0.25, 0.3) is 5.91 Å². The molecule has 2 aromatic heterocycles. The number of carbonyl (C=O) groups is 1. The van der Waals surface area contributed by atoms with Gasteiger partial charge >= 0.3 is 0 Å². The van der Waals surface area contributed by atoms with E-state index in [1.54, 1.807) is 0 Å². The summed E-state index contributed by atoms with van der Waals surface area (Å²) in [7, 11) is 0. The lowest BCUT2D eigenvalue weighted by Crippen LogP contribution is -2.26. The topological polar surface area (TPSA) is 75.6 Å². The van der Waals surface area contributed by atoms with Crippen molar-refractivity contribution in [3.63, 3.8) is 0 Å². The van der Waals surface area contributed by atoms with Crippen LogP contribution >= 0.6 is 11.6 Å². The second kappa shape index (κ2) is 8.48. The van der Waals surface area contributed by atoms with Crippen molar-refractivity contribution in [1.82, 2.24) is 25.1 Å². The molecule has 0 fully saturated rings. The number of nitrogens with one attached hydrogen (secondary N) is 2. The highest BCUT2D eigenvalue weighted by Crippen LogP contribution is 2.20. The van der Waals surface area contributed by atoms with Gasteiger partial charge in [-0.15, -0.1) is 0 Å². The molecule has 2 N–H and O–H groups in total. The van der Waals surface area contributed by atoms with E-state index in [9.17, 15) is 4.79 Å². The molecule has 0 bridgehead atoms. The molecule has 2 heterocycles. The summed E-state index contributed by atoms with van der Waals surface area (Å²) >= 11 is 6.00. The zero-order chi connectivity index (χ0) is 22.1. The molecule has 3 aromatic carbocycles. The number of aryl methyl sites for hydroxylation is 1. The monoisotopic (exact) mass is 443 g/mol. The van der Waals surface area contributed by atoms with Crippen molar-refractivity contribution in [2.45, 2.75) is 19.9 Å². The lowest BCUT2D eigenvalue weighted by atomic mass is 10.2. The van der Waals surface area contributed by atoms with Crippen LogP contribution in [0.5, 0.6) is 0 Å². The Morgan fingerprint density at radius 3 is 2.75 bits per heavy atom. The minimum atomic E-state index is -0.192. The maximum absolute atomic E-state index is 12.9. The standard InChI is InChI=1S/C25H22ClN5O/c1-16-6-11-20-21(14-16)29-23(28-20)12-13-27-25(32)24-19-4-2-3-5-22(19)31(30-24)15-17-7-9-18(26)10-8-17/h2-11,14H,12-13,15H2,1H3,(H,27,32)(H,28,29). The van der Waals surface area contributed by atoms with Crippen LogP contribution in [0.1, 0.15) is 27.4 Å². The van der Waals surface area contributed by atoms with E-state index in [2.05, 4.69) is 33.4 Å². The van der Waals surface area contributed by atoms with Crippen molar-refractivity contribution >= 4 is 39.4 Å². The van der Waals surface area contributed by atoms with Crippen LogP contribution in [0.2, 0.25) is 5.02 Å². The average Bonchev–Trinajstić information content (AvgIpc) is 3.36. The molecule has 7 heteroatoms. The molecule has 0 atom stereocenters. The van der Waals surface area contributed by atoms with Crippen LogP contribution < -0.4 is 5.32 Å². The molecule has 5 rings (SSSR count). The van der Waals surface area contributed by atoms with Gasteiger partial charge in [0.1, 0.15) is 5.82 Å². The summed E-state index contributed by atoms with van der Waals surface area (Å²) in [6.45, 7) is 3.08. The Labute approximate surface area is 190 Å². The fraction of sp³-hybridized carbons (Fsp3) is 0.160. The van der Waals surface area contributed by atoms with E-state index in [4.69, 9.17) is 11.6 Å². The van der Waals surface area contributed by atoms with Gasteiger partial charge in [0.15, 0.2) is 5.69 Å². The van der Waals surface area contributed by atoms with Gasteiger partial charge < -0.3 is 10.3 Å². The van der Waals surface area contributed by atoms with E-state index < -0.39 is 0 Å². The van der Waals surface area contributed by atoms with Crippen LogP contribution in [0, 0.1) is 6.92 Å². The third-order valence-corrected chi connectivity index (χ3v) is 5.70. The number of aromatic nitrogens is 4. The summed E-state index contributed by atoms with van der Waals surface area (Å²) in [5.74, 6) is 0.659. The average molecular weight is 444 g/mol. The summed E-state index contributed by atoms with van der Waals surface area (Å²) in [4.78, 5) is 20.9. The molecule has 0 aliphatic heterocycles. The molecular weight excluding hydrogens is 422 g/mol. The fourth-order valence-electron chi connectivity index (χ4n) is 3.85. The van der Waals surface area contributed by atoms with E-state index in [-0.39, 0.29) is 5.91 Å². The van der Waals surface area contributed by atoms with Crippen molar-refractivity contribution < 1.29 is 4.79 Å². The van der Waals surface area contributed by atoms with Gasteiger partial charge in [0, 0.05) is 23.4 Å². The first kappa shape index (κ1) is 20.3.